The summed E-state index contributed by atoms with van der Waals surface area (Å²) in [5.74, 6) is 0.293. The molecule has 0 fully saturated rings. The number of aromatic hydroxyl groups is 1. The Morgan fingerprint density at radius 3 is 1.74 bits per heavy atom. The van der Waals surface area contributed by atoms with Gasteiger partial charge in [0.25, 0.3) is 0 Å². The van der Waals surface area contributed by atoms with Crippen molar-refractivity contribution in [1.82, 2.24) is 5.32 Å². The van der Waals surface area contributed by atoms with E-state index >= 15 is 0 Å². The Labute approximate surface area is 119 Å². The molecule has 2 atom stereocenters. The van der Waals surface area contributed by atoms with Gasteiger partial charge in [-0.25, -0.2) is 0 Å². The molecule has 2 aromatic carbocycles. The third-order valence-electron chi connectivity index (χ3n) is 3.26. The summed E-state index contributed by atoms with van der Waals surface area (Å²) in [6.07, 6.45) is 0. The van der Waals surface area contributed by atoms with Crippen LogP contribution in [0, 0.1) is 0 Å². The number of phenols is 1. The van der Waals surface area contributed by atoms with Crippen LogP contribution in [-0.4, -0.2) is 5.11 Å². The van der Waals surface area contributed by atoms with E-state index in [0.29, 0.717) is 5.75 Å². The van der Waals surface area contributed by atoms with Gasteiger partial charge in [-0.1, -0.05) is 35.9 Å². The summed E-state index contributed by atoms with van der Waals surface area (Å²) in [7, 11) is 0. The third-order valence-corrected chi connectivity index (χ3v) is 3.52. The SMILES string of the molecule is CC(NC(C)c1ccc(Cl)cc1)c1ccc(O)cc1. The summed E-state index contributed by atoms with van der Waals surface area (Å²) in [5.41, 5.74) is 2.36. The molecule has 0 aliphatic heterocycles. The van der Waals surface area contributed by atoms with Gasteiger partial charge < -0.3 is 10.4 Å². The van der Waals surface area contributed by atoms with E-state index < -0.39 is 0 Å². The lowest BCUT2D eigenvalue weighted by Gasteiger charge is -2.21. The number of halogens is 1. The fourth-order valence-corrected chi connectivity index (χ4v) is 2.21. The monoisotopic (exact) mass is 275 g/mol. The first-order valence-corrected chi connectivity index (χ1v) is 6.74. The predicted octanol–water partition coefficient (Wildman–Crippen LogP) is 4.46. The topological polar surface area (TPSA) is 32.3 Å². The summed E-state index contributed by atoms with van der Waals surface area (Å²) in [6.45, 7) is 4.24. The Bertz CT molecular complexity index is 472. The van der Waals surface area contributed by atoms with Crippen molar-refractivity contribution in [3.8, 4) is 5.75 Å². The van der Waals surface area contributed by atoms with Crippen LogP contribution in [0.15, 0.2) is 48.5 Å². The van der Waals surface area contributed by atoms with Crippen molar-refractivity contribution < 1.29 is 5.11 Å². The second-order valence-electron chi connectivity index (χ2n) is 4.75. The largest absolute Gasteiger partial charge is 0.508 e. The minimum absolute atomic E-state index is 0.214. The Morgan fingerprint density at radius 2 is 1.26 bits per heavy atom. The van der Waals surface area contributed by atoms with Gasteiger partial charge in [0.2, 0.25) is 0 Å². The molecule has 3 heteroatoms. The van der Waals surface area contributed by atoms with Crippen LogP contribution in [0.2, 0.25) is 5.02 Å². The Hall–Kier alpha value is -1.51. The lowest BCUT2D eigenvalue weighted by Crippen LogP contribution is -2.22. The van der Waals surface area contributed by atoms with E-state index in [-0.39, 0.29) is 12.1 Å². The molecule has 100 valence electrons. The third kappa shape index (κ3) is 3.72. The fourth-order valence-electron chi connectivity index (χ4n) is 2.08. The number of rotatable bonds is 4. The first-order chi connectivity index (χ1) is 9.06. The molecule has 2 unspecified atom stereocenters. The molecule has 2 aromatic rings. The first kappa shape index (κ1) is 13.9. The standard InChI is InChI=1S/C16H18ClNO/c1-11(13-3-7-15(17)8-4-13)18-12(2)14-5-9-16(19)10-6-14/h3-12,18-19H,1-2H3. The molecule has 2 rings (SSSR count). The minimum Gasteiger partial charge on any atom is -0.508 e. The van der Waals surface area contributed by atoms with Gasteiger partial charge in [-0.15, -0.1) is 0 Å². The molecule has 2 nitrogen and oxygen atoms in total. The average Bonchev–Trinajstić information content (AvgIpc) is 2.40. The highest BCUT2D eigenvalue weighted by atomic mass is 35.5. The van der Waals surface area contributed by atoms with Crippen LogP contribution in [0.3, 0.4) is 0 Å². The van der Waals surface area contributed by atoms with Gasteiger partial charge in [-0.2, -0.15) is 0 Å². The summed E-state index contributed by atoms with van der Waals surface area (Å²) < 4.78 is 0. The molecule has 0 saturated carbocycles. The number of hydrogen-bond donors (Lipinski definition) is 2. The summed E-state index contributed by atoms with van der Waals surface area (Å²) in [4.78, 5) is 0. The van der Waals surface area contributed by atoms with E-state index in [0.717, 1.165) is 10.6 Å². The van der Waals surface area contributed by atoms with E-state index in [1.165, 1.54) is 5.56 Å². The van der Waals surface area contributed by atoms with Crippen molar-refractivity contribution in [2.45, 2.75) is 25.9 Å². The first-order valence-electron chi connectivity index (χ1n) is 6.36. The molecule has 19 heavy (non-hydrogen) atoms. The molecule has 0 aliphatic rings. The summed E-state index contributed by atoms with van der Waals surface area (Å²) >= 11 is 5.89. The van der Waals surface area contributed by atoms with Crippen molar-refractivity contribution in [1.29, 1.82) is 0 Å². The van der Waals surface area contributed by atoms with Gasteiger partial charge >= 0.3 is 0 Å². The van der Waals surface area contributed by atoms with Crippen LogP contribution >= 0.6 is 11.6 Å². The lowest BCUT2D eigenvalue weighted by atomic mass is 10.0. The highest BCUT2D eigenvalue weighted by Crippen LogP contribution is 2.22. The van der Waals surface area contributed by atoms with Crippen molar-refractivity contribution in [3.05, 3.63) is 64.7 Å². The van der Waals surface area contributed by atoms with Crippen LogP contribution in [-0.2, 0) is 0 Å². The minimum atomic E-state index is 0.214. The second kappa shape index (κ2) is 6.09. The molecule has 0 aromatic heterocycles. The maximum atomic E-state index is 9.29. The number of nitrogens with one attached hydrogen (secondary N) is 1. The van der Waals surface area contributed by atoms with Crippen molar-refractivity contribution in [3.63, 3.8) is 0 Å². The summed E-state index contributed by atoms with van der Waals surface area (Å²) in [5, 5.41) is 13.6. The molecule has 0 saturated heterocycles. The smallest absolute Gasteiger partial charge is 0.115 e. The van der Waals surface area contributed by atoms with E-state index in [9.17, 15) is 5.11 Å². The maximum absolute atomic E-state index is 9.29. The van der Waals surface area contributed by atoms with Gasteiger partial charge in [0.05, 0.1) is 0 Å². The van der Waals surface area contributed by atoms with Crippen LogP contribution in [0.5, 0.6) is 5.75 Å². The molecule has 0 bridgehead atoms. The van der Waals surface area contributed by atoms with Gasteiger partial charge in [0.1, 0.15) is 5.75 Å². The van der Waals surface area contributed by atoms with E-state index in [4.69, 9.17) is 11.6 Å². The zero-order valence-corrected chi connectivity index (χ0v) is 11.9. The number of phenolic OH excluding ortho intramolecular Hbond substituents is 1. The Balaban J connectivity index is 2.03. The highest BCUT2D eigenvalue weighted by molar-refractivity contribution is 6.30. The van der Waals surface area contributed by atoms with E-state index in [1.54, 1.807) is 12.1 Å². The Kier molecular flexibility index (Phi) is 4.46. The molecule has 0 amide bonds. The molecule has 0 aliphatic carbocycles. The molecule has 2 N–H and O–H groups in total. The Morgan fingerprint density at radius 1 is 0.842 bits per heavy atom. The molecular weight excluding hydrogens is 258 g/mol. The normalized spacial score (nSPS) is 14.1. The van der Waals surface area contributed by atoms with Crippen molar-refractivity contribution >= 4 is 11.6 Å². The number of hydrogen-bond acceptors (Lipinski definition) is 2. The molecular formula is C16H18ClNO. The van der Waals surface area contributed by atoms with Gasteiger partial charge in [0.15, 0.2) is 0 Å². The highest BCUT2D eigenvalue weighted by Gasteiger charge is 2.11. The zero-order valence-electron chi connectivity index (χ0n) is 11.1. The fraction of sp³-hybridized carbons (Fsp3) is 0.250. The van der Waals surface area contributed by atoms with Crippen LogP contribution in [0.1, 0.15) is 37.1 Å². The second-order valence-corrected chi connectivity index (χ2v) is 5.19. The molecule has 0 radical (unpaired) electrons. The van der Waals surface area contributed by atoms with E-state index in [2.05, 4.69) is 19.2 Å². The molecule has 0 heterocycles. The lowest BCUT2D eigenvalue weighted by molar-refractivity contribution is 0.472. The molecule has 0 spiro atoms. The van der Waals surface area contributed by atoms with Gasteiger partial charge in [0, 0.05) is 17.1 Å². The van der Waals surface area contributed by atoms with Crippen LogP contribution < -0.4 is 5.32 Å². The van der Waals surface area contributed by atoms with Crippen LogP contribution in [0.4, 0.5) is 0 Å². The van der Waals surface area contributed by atoms with Crippen molar-refractivity contribution in [2.75, 3.05) is 0 Å². The average molecular weight is 276 g/mol. The number of benzene rings is 2. The van der Waals surface area contributed by atoms with Crippen LogP contribution in [0.25, 0.3) is 0 Å². The quantitative estimate of drug-likeness (QED) is 0.864. The van der Waals surface area contributed by atoms with Crippen molar-refractivity contribution in [2.24, 2.45) is 0 Å². The zero-order chi connectivity index (χ0) is 13.8. The van der Waals surface area contributed by atoms with E-state index in [1.807, 2.05) is 36.4 Å². The predicted molar refractivity (Wildman–Crippen MR) is 79.5 cm³/mol. The maximum Gasteiger partial charge on any atom is 0.115 e. The van der Waals surface area contributed by atoms with Gasteiger partial charge in [-0.05, 0) is 49.2 Å². The van der Waals surface area contributed by atoms with Gasteiger partial charge in [-0.3, -0.25) is 0 Å². The summed E-state index contributed by atoms with van der Waals surface area (Å²) in [6, 6.07) is 15.6.